The second-order valence-corrected chi connectivity index (χ2v) is 3.44. The lowest BCUT2D eigenvalue weighted by molar-refractivity contribution is 0.146. The van der Waals surface area contributed by atoms with E-state index in [9.17, 15) is 5.11 Å². The van der Waals surface area contributed by atoms with Crippen LogP contribution in [0.5, 0.6) is 0 Å². The molecule has 0 spiro atoms. The van der Waals surface area contributed by atoms with Crippen molar-refractivity contribution in [1.82, 2.24) is 0 Å². The first-order chi connectivity index (χ1) is 3.75. The molecule has 8 heavy (non-hydrogen) atoms. The zero-order chi connectivity index (χ0) is 6.20. The molecule has 1 aliphatic rings. The summed E-state index contributed by atoms with van der Waals surface area (Å²) in [5.74, 6) is 0. The zero-order valence-corrected chi connectivity index (χ0v) is 7.53. The Bertz CT molecular complexity index is 84.9. The van der Waals surface area contributed by atoms with Crippen LogP contribution in [-0.2, 0) is 5.11 Å². The maximum absolute atomic E-state index is 10.7. The Morgan fingerprint density at radius 2 is 1.88 bits per heavy atom. The predicted octanol–water partition coefficient (Wildman–Crippen LogP) is 1.97. The summed E-state index contributed by atoms with van der Waals surface area (Å²) in [7, 11) is 0. The van der Waals surface area contributed by atoms with Gasteiger partial charge in [-0.2, -0.15) is 0 Å². The summed E-state index contributed by atoms with van der Waals surface area (Å²) in [4.78, 5) is 0. The van der Waals surface area contributed by atoms with Crippen LogP contribution in [0.15, 0.2) is 0 Å². The molecule has 0 saturated heterocycles. The summed E-state index contributed by atoms with van der Waals surface area (Å²) in [5.41, 5.74) is 0.0694. The first kappa shape index (κ1) is 7.03. The SMILES string of the molecule is [O]C1CC1(CBr)CBr. The van der Waals surface area contributed by atoms with Crippen molar-refractivity contribution in [1.29, 1.82) is 0 Å². The summed E-state index contributed by atoms with van der Waals surface area (Å²) in [6, 6.07) is 0. The Kier molecular flexibility index (Phi) is 2.00. The standard InChI is InChI=1S/C5H7Br2O/c6-2-5(3-7)1-4(5)8/h4H,1-3H2. The fourth-order valence-corrected chi connectivity index (χ4v) is 2.74. The Morgan fingerprint density at radius 3 is 1.88 bits per heavy atom. The first-order valence-corrected chi connectivity index (χ1v) is 4.77. The predicted molar refractivity (Wildman–Crippen MR) is 39.1 cm³/mol. The van der Waals surface area contributed by atoms with Gasteiger partial charge < -0.3 is 0 Å². The van der Waals surface area contributed by atoms with Crippen LogP contribution in [0.4, 0.5) is 0 Å². The Labute approximate surface area is 65.7 Å². The average Bonchev–Trinajstić information content (AvgIpc) is 2.43. The highest BCUT2D eigenvalue weighted by Crippen LogP contribution is 2.48. The van der Waals surface area contributed by atoms with Gasteiger partial charge in [-0.3, -0.25) is 0 Å². The molecule has 0 aromatic carbocycles. The quantitative estimate of drug-likeness (QED) is 0.660. The van der Waals surface area contributed by atoms with E-state index in [0.717, 1.165) is 17.1 Å². The minimum Gasteiger partial charge on any atom is -0.232 e. The maximum Gasteiger partial charge on any atom is 0.101 e. The molecule has 3 heteroatoms. The van der Waals surface area contributed by atoms with Crippen LogP contribution >= 0.6 is 31.9 Å². The fraction of sp³-hybridized carbons (Fsp3) is 1.00. The van der Waals surface area contributed by atoms with Crippen molar-refractivity contribution in [3.8, 4) is 0 Å². The summed E-state index contributed by atoms with van der Waals surface area (Å²) in [6.07, 6.45) is 0.519. The molecule has 1 atom stereocenters. The molecule has 1 fully saturated rings. The average molecular weight is 243 g/mol. The molecule has 47 valence electrons. The Balaban J connectivity index is 2.39. The number of hydrogen-bond acceptors (Lipinski definition) is 0. The van der Waals surface area contributed by atoms with Crippen molar-refractivity contribution in [3.63, 3.8) is 0 Å². The van der Waals surface area contributed by atoms with E-state index in [1.54, 1.807) is 0 Å². The van der Waals surface area contributed by atoms with Crippen molar-refractivity contribution in [2.75, 3.05) is 10.7 Å². The van der Waals surface area contributed by atoms with Crippen molar-refractivity contribution < 1.29 is 5.11 Å². The Hall–Kier alpha value is 0.920. The minimum atomic E-state index is -0.318. The molecule has 1 rings (SSSR count). The van der Waals surface area contributed by atoms with Gasteiger partial charge in [0, 0.05) is 16.1 Å². The van der Waals surface area contributed by atoms with Crippen LogP contribution in [0.25, 0.3) is 0 Å². The van der Waals surface area contributed by atoms with E-state index in [0.29, 0.717) is 0 Å². The van der Waals surface area contributed by atoms with Crippen molar-refractivity contribution >= 4 is 31.9 Å². The maximum atomic E-state index is 10.7. The van der Waals surface area contributed by atoms with E-state index in [4.69, 9.17) is 0 Å². The molecule has 0 aromatic rings. The van der Waals surface area contributed by atoms with E-state index in [2.05, 4.69) is 31.9 Å². The molecule has 1 saturated carbocycles. The third kappa shape index (κ3) is 0.957. The van der Waals surface area contributed by atoms with Gasteiger partial charge in [0.05, 0.1) is 0 Å². The van der Waals surface area contributed by atoms with Crippen LogP contribution < -0.4 is 0 Å². The molecule has 0 aromatic heterocycles. The fourth-order valence-electron chi connectivity index (χ4n) is 0.627. The Morgan fingerprint density at radius 1 is 1.50 bits per heavy atom. The summed E-state index contributed by atoms with van der Waals surface area (Å²) in [5, 5.41) is 12.4. The molecule has 0 aliphatic heterocycles. The lowest BCUT2D eigenvalue weighted by atomic mass is 10.2. The molecular weight excluding hydrogens is 236 g/mol. The van der Waals surface area contributed by atoms with Gasteiger partial charge in [-0.25, -0.2) is 5.11 Å². The number of hydrogen-bond donors (Lipinski definition) is 0. The smallest absolute Gasteiger partial charge is 0.101 e. The lowest BCUT2D eigenvalue weighted by Gasteiger charge is -2.02. The number of alkyl halides is 2. The summed E-state index contributed by atoms with van der Waals surface area (Å²) < 4.78 is 0. The highest BCUT2D eigenvalue weighted by molar-refractivity contribution is 9.09. The minimum absolute atomic E-state index is 0.0694. The summed E-state index contributed by atoms with van der Waals surface area (Å²) >= 11 is 6.61. The normalized spacial score (nSPS) is 32.6. The van der Waals surface area contributed by atoms with Crippen LogP contribution in [0.1, 0.15) is 6.42 Å². The third-order valence-electron chi connectivity index (χ3n) is 1.65. The molecule has 1 nitrogen and oxygen atoms in total. The zero-order valence-electron chi connectivity index (χ0n) is 4.36. The van der Waals surface area contributed by atoms with Crippen LogP contribution in [0.3, 0.4) is 0 Å². The van der Waals surface area contributed by atoms with Gasteiger partial charge in [-0.15, -0.1) is 0 Å². The second kappa shape index (κ2) is 2.27. The molecule has 0 bridgehead atoms. The molecule has 0 N–H and O–H groups in total. The highest BCUT2D eigenvalue weighted by Gasteiger charge is 2.53. The van der Waals surface area contributed by atoms with Gasteiger partial charge in [-0.1, -0.05) is 31.9 Å². The molecule has 0 heterocycles. The number of halogens is 2. The van der Waals surface area contributed by atoms with Gasteiger partial charge in [-0.05, 0) is 6.42 Å². The number of rotatable bonds is 2. The van der Waals surface area contributed by atoms with Crippen molar-refractivity contribution in [2.45, 2.75) is 12.5 Å². The van der Waals surface area contributed by atoms with E-state index in [1.807, 2.05) is 0 Å². The molecule has 1 unspecified atom stereocenters. The van der Waals surface area contributed by atoms with E-state index in [1.165, 1.54) is 0 Å². The van der Waals surface area contributed by atoms with Crippen LogP contribution in [0.2, 0.25) is 0 Å². The van der Waals surface area contributed by atoms with Crippen molar-refractivity contribution in [2.24, 2.45) is 5.41 Å². The molecular formula is C5H7Br2O. The molecule has 0 amide bonds. The van der Waals surface area contributed by atoms with E-state index < -0.39 is 0 Å². The molecule has 1 aliphatic carbocycles. The van der Waals surface area contributed by atoms with E-state index >= 15 is 0 Å². The monoisotopic (exact) mass is 241 g/mol. The highest BCUT2D eigenvalue weighted by atomic mass is 79.9. The van der Waals surface area contributed by atoms with Gasteiger partial charge in [0.1, 0.15) is 6.10 Å². The lowest BCUT2D eigenvalue weighted by Crippen LogP contribution is -2.08. The van der Waals surface area contributed by atoms with Gasteiger partial charge in [0.25, 0.3) is 0 Å². The van der Waals surface area contributed by atoms with Crippen LogP contribution in [0, 0.1) is 5.41 Å². The second-order valence-electron chi connectivity index (χ2n) is 2.32. The van der Waals surface area contributed by atoms with Gasteiger partial charge >= 0.3 is 0 Å². The largest absolute Gasteiger partial charge is 0.232 e. The topological polar surface area (TPSA) is 19.9 Å². The van der Waals surface area contributed by atoms with Crippen molar-refractivity contribution in [3.05, 3.63) is 0 Å². The van der Waals surface area contributed by atoms with Crippen LogP contribution in [-0.4, -0.2) is 16.8 Å². The van der Waals surface area contributed by atoms with E-state index in [-0.39, 0.29) is 11.5 Å². The first-order valence-electron chi connectivity index (χ1n) is 2.53. The summed E-state index contributed by atoms with van der Waals surface area (Å²) in [6.45, 7) is 0. The van der Waals surface area contributed by atoms with Gasteiger partial charge in [0.15, 0.2) is 0 Å². The van der Waals surface area contributed by atoms with Gasteiger partial charge in [0.2, 0.25) is 0 Å². The molecule has 1 radical (unpaired) electrons. The third-order valence-corrected chi connectivity index (χ3v) is 3.88.